The van der Waals surface area contributed by atoms with Crippen molar-refractivity contribution in [3.8, 4) is 0 Å². The number of urea groups is 1. The summed E-state index contributed by atoms with van der Waals surface area (Å²) < 4.78 is 28.8. The SMILES string of the molecule is Cc1nc(CN2CCN([C@H](C(=O)N[C@@H](Cc3ccccc3)[C@@H](O)CN(CC(C)C)S(=O)(=O)c3ccc(C=O)cc3)C(C)C)C2=O)cs1. The third-order valence-electron chi connectivity index (χ3n) is 8.09. The van der Waals surface area contributed by atoms with Crippen molar-refractivity contribution in [2.45, 2.75) is 70.7 Å². The van der Waals surface area contributed by atoms with Crippen molar-refractivity contribution in [3.05, 3.63) is 81.8 Å². The zero-order valence-electron chi connectivity index (χ0n) is 27.6. The van der Waals surface area contributed by atoms with E-state index < -0.39 is 34.1 Å². The molecule has 2 aromatic carbocycles. The molecule has 2 N–H and O–H groups in total. The van der Waals surface area contributed by atoms with Gasteiger partial charge < -0.3 is 20.2 Å². The van der Waals surface area contributed by atoms with E-state index in [9.17, 15) is 27.9 Å². The summed E-state index contributed by atoms with van der Waals surface area (Å²) in [6.07, 6.45) is -0.401. The van der Waals surface area contributed by atoms with Crippen molar-refractivity contribution < 1.29 is 27.9 Å². The number of hydrogen-bond donors (Lipinski definition) is 2. The molecule has 3 atom stereocenters. The molecule has 0 aliphatic carbocycles. The van der Waals surface area contributed by atoms with Crippen LogP contribution in [-0.4, -0.2) is 95.2 Å². The van der Waals surface area contributed by atoms with Crippen molar-refractivity contribution in [2.75, 3.05) is 26.2 Å². The molecular weight excluding hydrogens is 639 g/mol. The largest absolute Gasteiger partial charge is 0.390 e. The average molecular weight is 684 g/mol. The van der Waals surface area contributed by atoms with Crippen LogP contribution in [-0.2, 0) is 27.8 Å². The molecule has 1 saturated heterocycles. The van der Waals surface area contributed by atoms with Gasteiger partial charge in [-0.05, 0) is 42.9 Å². The Morgan fingerprint density at radius 1 is 1.06 bits per heavy atom. The molecule has 0 unspecified atom stereocenters. The first-order valence-corrected chi connectivity index (χ1v) is 18.2. The topological polar surface area (TPSA) is 140 Å². The van der Waals surface area contributed by atoms with Crippen LogP contribution in [0.5, 0.6) is 0 Å². The first kappa shape index (κ1) is 36.2. The van der Waals surface area contributed by atoms with Gasteiger partial charge >= 0.3 is 6.03 Å². The second-order valence-corrected chi connectivity index (χ2v) is 15.7. The summed E-state index contributed by atoms with van der Waals surface area (Å²) in [4.78, 5) is 46.4. The molecular formula is C34H45N5O6S2. The first-order chi connectivity index (χ1) is 22.3. The minimum atomic E-state index is -4.05. The van der Waals surface area contributed by atoms with Gasteiger partial charge in [0, 0.05) is 37.1 Å². The zero-order valence-corrected chi connectivity index (χ0v) is 29.2. The number of benzene rings is 2. The lowest BCUT2D eigenvalue weighted by Crippen LogP contribution is -2.57. The summed E-state index contributed by atoms with van der Waals surface area (Å²) in [5.74, 6) is -0.708. The summed E-state index contributed by atoms with van der Waals surface area (Å²) in [5, 5.41) is 17.5. The van der Waals surface area contributed by atoms with E-state index in [-0.39, 0.29) is 42.3 Å². The van der Waals surface area contributed by atoms with Crippen molar-refractivity contribution in [3.63, 3.8) is 0 Å². The zero-order chi connectivity index (χ0) is 34.3. The Balaban J connectivity index is 1.57. The van der Waals surface area contributed by atoms with Crippen LogP contribution in [0.1, 0.15) is 54.3 Å². The smallest absolute Gasteiger partial charge is 0.321 e. The molecule has 0 spiro atoms. The van der Waals surface area contributed by atoms with Crippen LogP contribution >= 0.6 is 11.3 Å². The molecule has 13 heteroatoms. The molecule has 1 aromatic heterocycles. The van der Waals surface area contributed by atoms with Gasteiger partial charge in [0.15, 0.2) is 0 Å². The predicted molar refractivity (Wildman–Crippen MR) is 181 cm³/mol. The lowest BCUT2D eigenvalue weighted by atomic mass is 9.97. The Bertz CT molecular complexity index is 1610. The fourth-order valence-corrected chi connectivity index (χ4v) is 8.01. The highest BCUT2D eigenvalue weighted by Crippen LogP contribution is 2.23. The van der Waals surface area contributed by atoms with E-state index in [0.29, 0.717) is 31.5 Å². The second-order valence-electron chi connectivity index (χ2n) is 12.7. The molecule has 0 bridgehead atoms. The van der Waals surface area contributed by atoms with E-state index >= 15 is 0 Å². The Hall–Kier alpha value is -3.65. The maximum atomic E-state index is 14.0. The van der Waals surface area contributed by atoms with Crippen LogP contribution in [0.4, 0.5) is 4.79 Å². The number of amides is 3. The number of nitrogens with one attached hydrogen (secondary N) is 1. The molecule has 0 saturated carbocycles. The highest BCUT2D eigenvalue weighted by atomic mass is 32.2. The number of nitrogens with zero attached hydrogens (tertiary/aromatic N) is 4. The van der Waals surface area contributed by atoms with Crippen LogP contribution < -0.4 is 5.32 Å². The summed E-state index contributed by atoms with van der Waals surface area (Å²) >= 11 is 1.52. The minimum Gasteiger partial charge on any atom is -0.390 e. The standard InChI is InChI=1S/C34H45N5O6S2/c1-23(2)18-38(47(44,45)29-13-11-27(21-40)12-14-29)20-31(41)30(17-26-9-7-6-8-10-26)36-33(42)32(24(3)4)39-16-15-37(34(39)43)19-28-22-46-25(5)35-28/h6-14,21-24,30-32,41H,15-20H2,1-5H3,(H,36,42)/t30-,31-,32-/m0/s1. The van der Waals surface area contributed by atoms with Gasteiger partial charge in [-0.2, -0.15) is 4.31 Å². The maximum absolute atomic E-state index is 14.0. The maximum Gasteiger partial charge on any atom is 0.321 e. The number of carbonyl (C=O) groups excluding carboxylic acids is 3. The highest BCUT2D eigenvalue weighted by Gasteiger charge is 2.40. The molecule has 254 valence electrons. The molecule has 11 nitrogen and oxygen atoms in total. The number of rotatable bonds is 16. The van der Waals surface area contributed by atoms with E-state index in [0.717, 1.165) is 16.3 Å². The fourth-order valence-electron chi connectivity index (χ4n) is 5.79. The molecule has 47 heavy (non-hydrogen) atoms. The van der Waals surface area contributed by atoms with Gasteiger partial charge in [-0.15, -0.1) is 11.3 Å². The van der Waals surface area contributed by atoms with E-state index in [4.69, 9.17) is 0 Å². The monoisotopic (exact) mass is 683 g/mol. The Morgan fingerprint density at radius 3 is 2.32 bits per heavy atom. The third-order valence-corrected chi connectivity index (χ3v) is 10.8. The number of carbonyl (C=O) groups is 3. The molecule has 3 amide bonds. The number of aromatic nitrogens is 1. The molecule has 4 rings (SSSR count). The third kappa shape index (κ3) is 9.25. The van der Waals surface area contributed by atoms with Gasteiger partial charge in [0.2, 0.25) is 15.9 Å². The Kier molecular flexibility index (Phi) is 12.3. The lowest BCUT2D eigenvalue weighted by molar-refractivity contribution is -0.128. The molecule has 1 fully saturated rings. The average Bonchev–Trinajstić information content (AvgIpc) is 3.61. The molecule has 3 aromatic rings. The lowest BCUT2D eigenvalue weighted by Gasteiger charge is -2.34. The fraction of sp³-hybridized carbons (Fsp3) is 0.471. The summed E-state index contributed by atoms with van der Waals surface area (Å²) in [6.45, 7) is 10.5. The highest BCUT2D eigenvalue weighted by molar-refractivity contribution is 7.89. The van der Waals surface area contributed by atoms with Crippen molar-refractivity contribution in [1.82, 2.24) is 24.4 Å². The van der Waals surface area contributed by atoms with Gasteiger partial charge in [-0.25, -0.2) is 18.2 Å². The number of hydrogen-bond acceptors (Lipinski definition) is 8. The van der Waals surface area contributed by atoms with Crippen LogP contribution in [0, 0.1) is 18.8 Å². The van der Waals surface area contributed by atoms with E-state index in [1.165, 1.54) is 39.9 Å². The van der Waals surface area contributed by atoms with Crippen LogP contribution in [0.3, 0.4) is 0 Å². The van der Waals surface area contributed by atoms with Gasteiger partial charge in [0.1, 0.15) is 12.3 Å². The van der Waals surface area contributed by atoms with Crippen molar-refractivity contribution in [1.29, 1.82) is 0 Å². The second kappa shape index (κ2) is 16.0. The van der Waals surface area contributed by atoms with E-state index in [2.05, 4.69) is 10.3 Å². The normalized spacial score (nSPS) is 15.8. The van der Waals surface area contributed by atoms with Gasteiger partial charge in [0.25, 0.3) is 0 Å². The van der Waals surface area contributed by atoms with Crippen LogP contribution in [0.15, 0.2) is 64.9 Å². The summed E-state index contributed by atoms with van der Waals surface area (Å²) in [7, 11) is -4.05. The summed E-state index contributed by atoms with van der Waals surface area (Å²) in [5.41, 5.74) is 2.00. The molecule has 1 aliphatic heterocycles. The number of aliphatic hydroxyl groups is 1. The Labute approximate surface area is 281 Å². The number of aldehydes is 1. The van der Waals surface area contributed by atoms with Gasteiger partial charge in [-0.3, -0.25) is 9.59 Å². The molecule has 2 heterocycles. The van der Waals surface area contributed by atoms with E-state index in [1.807, 2.05) is 70.3 Å². The van der Waals surface area contributed by atoms with Crippen molar-refractivity contribution in [2.24, 2.45) is 11.8 Å². The molecule has 1 aliphatic rings. The van der Waals surface area contributed by atoms with Gasteiger partial charge in [-0.1, -0.05) is 70.2 Å². The van der Waals surface area contributed by atoms with Crippen LogP contribution in [0.25, 0.3) is 0 Å². The van der Waals surface area contributed by atoms with Gasteiger partial charge in [0.05, 0.1) is 34.3 Å². The first-order valence-electron chi connectivity index (χ1n) is 15.8. The number of aliphatic hydroxyl groups excluding tert-OH is 1. The number of thiazole rings is 1. The van der Waals surface area contributed by atoms with Crippen molar-refractivity contribution >= 4 is 39.6 Å². The summed E-state index contributed by atoms with van der Waals surface area (Å²) in [6, 6.07) is 13.1. The minimum absolute atomic E-state index is 0.00405. The number of aryl methyl sites for hydroxylation is 1. The van der Waals surface area contributed by atoms with E-state index in [1.54, 1.807) is 9.80 Å². The quantitative estimate of drug-likeness (QED) is 0.218. The Morgan fingerprint density at radius 2 is 1.74 bits per heavy atom. The molecule has 0 radical (unpaired) electrons. The number of sulfonamides is 1. The van der Waals surface area contributed by atoms with Crippen LogP contribution in [0.2, 0.25) is 0 Å². The predicted octanol–water partition coefficient (Wildman–Crippen LogP) is 3.96.